The molecule has 0 aliphatic carbocycles. The minimum atomic E-state index is -0.537. The highest BCUT2D eigenvalue weighted by molar-refractivity contribution is 9.10. The molecule has 0 atom stereocenters. The lowest BCUT2D eigenvalue weighted by molar-refractivity contribution is 0.0988. The molecule has 0 spiro atoms. The van der Waals surface area contributed by atoms with Crippen molar-refractivity contribution in [2.75, 3.05) is 0 Å². The van der Waals surface area contributed by atoms with E-state index >= 15 is 0 Å². The summed E-state index contributed by atoms with van der Waals surface area (Å²) in [5, 5.41) is 0. The summed E-state index contributed by atoms with van der Waals surface area (Å²) < 4.78 is 28.0. The number of hydrogen-bond donors (Lipinski definition) is 0. The summed E-state index contributed by atoms with van der Waals surface area (Å²) in [4.78, 5) is 12.0. The minimum Gasteiger partial charge on any atom is -0.294 e. The summed E-state index contributed by atoms with van der Waals surface area (Å²) >= 11 is 3.14. The third kappa shape index (κ3) is 3.07. The zero-order chi connectivity index (χ0) is 14.0. The molecule has 0 aliphatic rings. The fraction of sp³-hybridized carbons (Fsp3) is 0.133. The first-order valence-electron chi connectivity index (χ1n) is 5.71. The van der Waals surface area contributed by atoms with Crippen LogP contribution in [0, 0.1) is 18.6 Å². The van der Waals surface area contributed by atoms with Gasteiger partial charge in [-0.25, -0.2) is 8.78 Å². The molecule has 0 aromatic heterocycles. The van der Waals surface area contributed by atoms with E-state index in [0.29, 0.717) is 10.0 Å². The number of ketones is 1. The first-order chi connectivity index (χ1) is 8.99. The lowest BCUT2D eigenvalue weighted by atomic mass is 10.0. The van der Waals surface area contributed by atoms with Crippen LogP contribution < -0.4 is 0 Å². The maximum atomic E-state index is 13.8. The monoisotopic (exact) mass is 324 g/mol. The van der Waals surface area contributed by atoms with Crippen molar-refractivity contribution in [2.24, 2.45) is 0 Å². The Labute approximate surface area is 118 Å². The molecule has 0 fully saturated rings. The van der Waals surface area contributed by atoms with Gasteiger partial charge in [0.15, 0.2) is 5.78 Å². The number of rotatable bonds is 3. The Balaban J connectivity index is 2.28. The van der Waals surface area contributed by atoms with Crippen molar-refractivity contribution in [3.8, 4) is 0 Å². The number of carbonyl (C=O) groups excluding carboxylic acids is 1. The van der Waals surface area contributed by atoms with Crippen LogP contribution in [0.2, 0.25) is 0 Å². The van der Waals surface area contributed by atoms with Gasteiger partial charge in [0.1, 0.15) is 11.6 Å². The second-order valence-electron chi connectivity index (χ2n) is 4.27. The molecule has 98 valence electrons. The van der Waals surface area contributed by atoms with Gasteiger partial charge < -0.3 is 0 Å². The molecule has 0 aliphatic heterocycles. The van der Waals surface area contributed by atoms with E-state index in [1.807, 2.05) is 0 Å². The van der Waals surface area contributed by atoms with Crippen LogP contribution in [0.3, 0.4) is 0 Å². The van der Waals surface area contributed by atoms with E-state index in [4.69, 9.17) is 0 Å². The largest absolute Gasteiger partial charge is 0.294 e. The maximum absolute atomic E-state index is 13.8. The van der Waals surface area contributed by atoms with Gasteiger partial charge in [0.25, 0.3) is 0 Å². The molecule has 0 N–H and O–H groups in total. The van der Waals surface area contributed by atoms with E-state index < -0.39 is 17.4 Å². The molecule has 0 saturated heterocycles. The van der Waals surface area contributed by atoms with E-state index in [-0.39, 0.29) is 17.5 Å². The van der Waals surface area contributed by atoms with Crippen molar-refractivity contribution in [1.82, 2.24) is 0 Å². The van der Waals surface area contributed by atoms with E-state index in [2.05, 4.69) is 15.9 Å². The van der Waals surface area contributed by atoms with Gasteiger partial charge in [-0.05, 0) is 36.2 Å². The predicted molar refractivity (Wildman–Crippen MR) is 73.3 cm³/mol. The molecule has 0 bridgehead atoms. The van der Waals surface area contributed by atoms with Crippen LogP contribution in [0.5, 0.6) is 0 Å². The van der Waals surface area contributed by atoms with Crippen LogP contribution in [0.25, 0.3) is 0 Å². The first-order valence-corrected chi connectivity index (χ1v) is 6.50. The van der Waals surface area contributed by atoms with Crippen LogP contribution >= 0.6 is 15.9 Å². The molecule has 2 aromatic carbocycles. The zero-order valence-corrected chi connectivity index (χ0v) is 11.8. The maximum Gasteiger partial charge on any atom is 0.170 e. The molecule has 4 heteroatoms. The second-order valence-corrected chi connectivity index (χ2v) is 5.19. The molecular weight excluding hydrogens is 314 g/mol. The quantitative estimate of drug-likeness (QED) is 0.762. The zero-order valence-electron chi connectivity index (χ0n) is 10.2. The van der Waals surface area contributed by atoms with E-state index in [1.165, 1.54) is 18.2 Å². The normalized spacial score (nSPS) is 10.5. The van der Waals surface area contributed by atoms with Crippen LogP contribution in [-0.4, -0.2) is 5.78 Å². The van der Waals surface area contributed by atoms with Crippen LogP contribution in [0.4, 0.5) is 8.78 Å². The second kappa shape index (κ2) is 5.61. The van der Waals surface area contributed by atoms with Gasteiger partial charge in [-0.3, -0.25) is 4.79 Å². The summed E-state index contributed by atoms with van der Waals surface area (Å²) in [7, 11) is 0. The van der Waals surface area contributed by atoms with Gasteiger partial charge in [0, 0.05) is 10.9 Å². The lowest BCUT2D eigenvalue weighted by Gasteiger charge is -2.06. The summed E-state index contributed by atoms with van der Waals surface area (Å²) in [6, 6.07) is 9.08. The summed E-state index contributed by atoms with van der Waals surface area (Å²) in [5.74, 6) is -1.44. The van der Waals surface area contributed by atoms with Crippen LogP contribution in [0.15, 0.2) is 40.9 Å². The Morgan fingerprint density at radius 1 is 1.21 bits per heavy atom. The average Bonchev–Trinajstić information content (AvgIpc) is 2.36. The van der Waals surface area contributed by atoms with Crippen molar-refractivity contribution in [1.29, 1.82) is 0 Å². The van der Waals surface area contributed by atoms with Crippen molar-refractivity contribution in [3.63, 3.8) is 0 Å². The number of Topliss-reactive ketones (excluding diaryl/α,β-unsaturated/α-hetero) is 1. The summed E-state index contributed by atoms with van der Waals surface area (Å²) in [6.45, 7) is 1.59. The fourth-order valence-corrected chi connectivity index (χ4v) is 2.13. The Morgan fingerprint density at radius 2 is 1.95 bits per heavy atom. The Hall–Kier alpha value is -1.55. The first kappa shape index (κ1) is 13.9. The minimum absolute atomic E-state index is 0.00215. The molecule has 2 rings (SSSR count). The topological polar surface area (TPSA) is 17.1 Å². The number of hydrogen-bond acceptors (Lipinski definition) is 1. The van der Waals surface area contributed by atoms with Crippen molar-refractivity contribution >= 4 is 21.7 Å². The van der Waals surface area contributed by atoms with Gasteiger partial charge >= 0.3 is 0 Å². The summed E-state index contributed by atoms with van der Waals surface area (Å²) in [6.07, 6.45) is -0.153. The SMILES string of the molecule is Cc1cccc(C(=O)Cc2ccc(Br)cc2F)c1F. The van der Waals surface area contributed by atoms with Gasteiger partial charge in [-0.2, -0.15) is 0 Å². The highest BCUT2D eigenvalue weighted by atomic mass is 79.9. The summed E-state index contributed by atoms with van der Waals surface area (Å²) in [5.41, 5.74) is 0.665. The van der Waals surface area contributed by atoms with Crippen LogP contribution in [-0.2, 0) is 6.42 Å². The molecule has 1 nitrogen and oxygen atoms in total. The van der Waals surface area contributed by atoms with Crippen LogP contribution in [0.1, 0.15) is 21.5 Å². The van der Waals surface area contributed by atoms with Gasteiger partial charge in [0.2, 0.25) is 0 Å². The third-order valence-electron chi connectivity index (χ3n) is 2.86. The predicted octanol–water partition coefficient (Wildman–Crippen LogP) is 4.46. The molecule has 2 aromatic rings. The molecule has 0 saturated carbocycles. The number of aryl methyl sites for hydroxylation is 1. The molecule has 0 unspecified atom stereocenters. The Morgan fingerprint density at radius 3 is 2.63 bits per heavy atom. The number of halogens is 3. The Kier molecular flexibility index (Phi) is 4.10. The highest BCUT2D eigenvalue weighted by Gasteiger charge is 2.15. The average molecular weight is 325 g/mol. The molecule has 19 heavy (non-hydrogen) atoms. The smallest absolute Gasteiger partial charge is 0.170 e. The molecule has 0 radical (unpaired) electrons. The number of benzene rings is 2. The van der Waals surface area contributed by atoms with Crippen molar-refractivity contribution in [2.45, 2.75) is 13.3 Å². The van der Waals surface area contributed by atoms with Crippen molar-refractivity contribution < 1.29 is 13.6 Å². The molecule has 0 amide bonds. The van der Waals surface area contributed by atoms with Gasteiger partial charge in [-0.1, -0.05) is 34.1 Å². The fourth-order valence-electron chi connectivity index (χ4n) is 1.80. The van der Waals surface area contributed by atoms with Crippen molar-refractivity contribution in [3.05, 3.63) is 69.2 Å². The molecular formula is C15H11BrF2O. The van der Waals surface area contributed by atoms with E-state index in [9.17, 15) is 13.6 Å². The third-order valence-corrected chi connectivity index (χ3v) is 3.35. The van der Waals surface area contributed by atoms with E-state index in [1.54, 1.807) is 25.1 Å². The highest BCUT2D eigenvalue weighted by Crippen LogP contribution is 2.19. The standard InChI is InChI=1S/C15H11BrF2O/c1-9-3-2-4-12(15(9)18)14(19)7-10-5-6-11(16)8-13(10)17/h2-6,8H,7H2,1H3. The Bertz CT molecular complexity index is 638. The number of carbonyl (C=O) groups is 1. The van der Waals surface area contributed by atoms with Gasteiger partial charge in [0.05, 0.1) is 5.56 Å². The van der Waals surface area contributed by atoms with Gasteiger partial charge in [-0.15, -0.1) is 0 Å². The molecule has 0 heterocycles. The van der Waals surface area contributed by atoms with E-state index in [0.717, 1.165) is 0 Å². The lowest BCUT2D eigenvalue weighted by Crippen LogP contribution is -2.08.